The number of carboxylic acids is 1. The van der Waals surface area contributed by atoms with Crippen molar-refractivity contribution >= 4 is 5.97 Å². The Kier molecular flexibility index (Phi) is 3.31. The van der Waals surface area contributed by atoms with Crippen LogP contribution in [0.25, 0.3) is 0 Å². The van der Waals surface area contributed by atoms with Gasteiger partial charge in [-0.25, -0.2) is 0 Å². The largest absolute Gasteiger partial charge is 0.481 e. The van der Waals surface area contributed by atoms with Gasteiger partial charge in [-0.1, -0.05) is 19.8 Å². The van der Waals surface area contributed by atoms with Crippen LogP contribution in [0.2, 0.25) is 0 Å². The van der Waals surface area contributed by atoms with Crippen LogP contribution >= 0.6 is 0 Å². The van der Waals surface area contributed by atoms with Crippen molar-refractivity contribution in [2.24, 2.45) is 11.3 Å². The molecule has 1 unspecified atom stereocenters. The molecule has 1 N–H and O–H groups in total. The molecule has 1 rings (SSSR count). The van der Waals surface area contributed by atoms with Crippen molar-refractivity contribution < 1.29 is 14.6 Å². The van der Waals surface area contributed by atoms with Gasteiger partial charge in [0.15, 0.2) is 0 Å². The average molecular weight is 186 g/mol. The van der Waals surface area contributed by atoms with Gasteiger partial charge in [-0.3, -0.25) is 4.79 Å². The van der Waals surface area contributed by atoms with Crippen LogP contribution in [0, 0.1) is 11.3 Å². The molecule has 1 saturated carbocycles. The molecule has 0 radical (unpaired) electrons. The third kappa shape index (κ3) is 1.85. The Balaban J connectivity index is 2.71. The molecular weight excluding hydrogens is 168 g/mol. The summed E-state index contributed by atoms with van der Waals surface area (Å²) in [6.07, 6.45) is 3.71. The minimum absolute atomic E-state index is 0.123. The Labute approximate surface area is 79.1 Å². The van der Waals surface area contributed by atoms with Gasteiger partial charge in [0.25, 0.3) is 0 Å². The molecule has 0 aliphatic heterocycles. The Bertz CT molecular complexity index is 183. The third-order valence-electron chi connectivity index (χ3n) is 3.28. The first kappa shape index (κ1) is 10.5. The predicted octanol–water partition coefficient (Wildman–Crippen LogP) is 1.91. The normalized spacial score (nSPS) is 22.9. The second-order valence-corrected chi connectivity index (χ2v) is 4.02. The molecule has 0 heterocycles. The highest BCUT2D eigenvalue weighted by Crippen LogP contribution is 2.44. The molecular formula is C10H18O3. The van der Waals surface area contributed by atoms with Crippen LogP contribution in [0.3, 0.4) is 0 Å². The molecule has 13 heavy (non-hydrogen) atoms. The van der Waals surface area contributed by atoms with Crippen LogP contribution in [0.15, 0.2) is 0 Å². The van der Waals surface area contributed by atoms with E-state index in [2.05, 4.69) is 0 Å². The Morgan fingerprint density at radius 2 is 2.08 bits per heavy atom. The second-order valence-electron chi connectivity index (χ2n) is 4.02. The van der Waals surface area contributed by atoms with E-state index in [0.717, 1.165) is 25.7 Å². The lowest BCUT2D eigenvalue weighted by Crippen LogP contribution is -2.36. The molecule has 0 aromatic heterocycles. The first-order valence-corrected chi connectivity index (χ1v) is 4.86. The minimum atomic E-state index is -0.644. The van der Waals surface area contributed by atoms with Crippen LogP contribution in [0.1, 0.15) is 32.6 Å². The number of aliphatic carboxylic acids is 1. The predicted molar refractivity (Wildman–Crippen MR) is 49.6 cm³/mol. The van der Waals surface area contributed by atoms with E-state index < -0.39 is 11.4 Å². The fourth-order valence-electron chi connectivity index (χ4n) is 2.33. The summed E-state index contributed by atoms with van der Waals surface area (Å²) >= 11 is 0. The molecule has 0 saturated heterocycles. The molecule has 3 heteroatoms. The number of rotatable bonds is 4. The molecule has 0 aromatic carbocycles. The summed E-state index contributed by atoms with van der Waals surface area (Å²) in [4.78, 5) is 11.2. The molecule has 1 fully saturated rings. The lowest BCUT2D eigenvalue weighted by molar-refractivity contribution is -0.153. The SMILES string of the molecule is COCC(C)C1(C(=O)O)CCCC1. The summed E-state index contributed by atoms with van der Waals surface area (Å²) in [5.74, 6) is -0.521. The van der Waals surface area contributed by atoms with Gasteiger partial charge in [-0.2, -0.15) is 0 Å². The monoisotopic (exact) mass is 186 g/mol. The van der Waals surface area contributed by atoms with Crippen molar-refractivity contribution in [3.8, 4) is 0 Å². The summed E-state index contributed by atoms with van der Waals surface area (Å²) in [7, 11) is 1.63. The van der Waals surface area contributed by atoms with Gasteiger partial charge in [-0.15, -0.1) is 0 Å². The fraction of sp³-hybridized carbons (Fsp3) is 0.900. The van der Waals surface area contributed by atoms with Gasteiger partial charge in [0, 0.05) is 13.7 Å². The third-order valence-corrected chi connectivity index (χ3v) is 3.28. The zero-order valence-corrected chi connectivity index (χ0v) is 8.38. The van der Waals surface area contributed by atoms with E-state index in [-0.39, 0.29) is 5.92 Å². The first-order valence-electron chi connectivity index (χ1n) is 4.86. The van der Waals surface area contributed by atoms with Crippen molar-refractivity contribution in [2.45, 2.75) is 32.6 Å². The molecule has 0 bridgehead atoms. The van der Waals surface area contributed by atoms with Crippen LogP contribution in [0.5, 0.6) is 0 Å². The number of hydrogen-bond acceptors (Lipinski definition) is 2. The van der Waals surface area contributed by atoms with Gasteiger partial charge in [-0.05, 0) is 18.8 Å². The standard InChI is InChI=1S/C10H18O3/c1-8(7-13-2)10(9(11)12)5-3-4-6-10/h8H,3-7H2,1-2H3,(H,11,12). The summed E-state index contributed by atoms with van der Waals surface area (Å²) in [5.41, 5.74) is -0.504. The van der Waals surface area contributed by atoms with E-state index in [1.54, 1.807) is 7.11 Å². The molecule has 3 nitrogen and oxygen atoms in total. The number of carbonyl (C=O) groups is 1. The lowest BCUT2D eigenvalue weighted by atomic mass is 9.75. The maximum absolute atomic E-state index is 11.2. The first-order chi connectivity index (χ1) is 6.13. The topological polar surface area (TPSA) is 46.5 Å². The van der Waals surface area contributed by atoms with Gasteiger partial charge in [0.05, 0.1) is 5.41 Å². The Morgan fingerprint density at radius 1 is 1.54 bits per heavy atom. The molecule has 1 aliphatic carbocycles. The van der Waals surface area contributed by atoms with Crippen LogP contribution in [0.4, 0.5) is 0 Å². The Hall–Kier alpha value is -0.570. The van der Waals surface area contributed by atoms with Crippen molar-refractivity contribution in [3.05, 3.63) is 0 Å². The molecule has 0 spiro atoms. The summed E-state index contributed by atoms with van der Waals surface area (Å²) in [6, 6.07) is 0. The number of ether oxygens (including phenoxy) is 1. The van der Waals surface area contributed by atoms with E-state index in [0.29, 0.717) is 6.61 Å². The molecule has 1 aliphatic rings. The van der Waals surface area contributed by atoms with Gasteiger partial charge >= 0.3 is 5.97 Å². The van der Waals surface area contributed by atoms with Gasteiger partial charge in [0.1, 0.15) is 0 Å². The summed E-state index contributed by atoms with van der Waals surface area (Å²) in [6.45, 7) is 2.52. The van der Waals surface area contributed by atoms with Crippen LogP contribution < -0.4 is 0 Å². The van der Waals surface area contributed by atoms with E-state index in [1.807, 2.05) is 6.92 Å². The van der Waals surface area contributed by atoms with E-state index >= 15 is 0 Å². The number of methoxy groups -OCH3 is 1. The van der Waals surface area contributed by atoms with E-state index in [4.69, 9.17) is 4.74 Å². The highest BCUT2D eigenvalue weighted by Gasteiger charge is 2.45. The van der Waals surface area contributed by atoms with Gasteiger partial charge < -0.3 is 9.84 Å². The quantitative estimate of drug-likeness (QED) is 0.729. The van der Waals surface area contributed by atoms with Gasteiger partial charge in [0.2, 0.25) is 0 Å². The maximum Gasteiger partial charge on any atom is 0.309 e. The van der Waals surface area contributed by atoms with Crippen molar-refractivity contribution in [2.75, 3.05) is 13.7 Å². The average Bonchev–Trinajstić information content (AvgIpc) is 2.53. The molecule has 0 amide bonds. The molecule has 76 valence electrons. The second kappa shape index (κ2) is 4.09. The van der Waals surface area contributed by atoms with Crippen molar-refractivity contribution in [1.29, 1.82) is 0 Å². The number of hydrogen-bond donors (Lipinski definition) is 1. The number of carboxylic acid groups (broad SMARTS) is 1. The molecule has 0 aromatic rings. The van der Waals surface area contributed by atoms with Crippen LogP contribution in [-0.4, -0.2) is 24.8 Å². The zero-order valence-electron chi connectivity index (χ0n) is 8.38. The summed E-state index contributed by atoms with van der Waals surface area (Å²) in [5, 5.41) is 9.21. The highest BCUT2D eigenvalue weighted by molar-refractivity contribution is 5.75. The maximum atomic E-state index is 11.2. The van der Waals surface area contributed by atoms with Crippen molar-refractivity contribution in [1.82, 2.24) is 0 Å². The van der Waals surface area contributed by atoms with Crippen LogP contribution in [-0.2, 0) is 9.53 Å². The smallest absolute Gasteiger partial charge is 0.309 e. The Morgan fingerprint density at radius 3 is 2.46 bits per heavy atom. The van der Waals surface area contributed by atoms with Crippen molar-refractivity contribution in [3.63, 3.8) is 0 Å². The summed E-state index contributed by atoms with van der Waals surface area (Å²) < 4.78 is 5.03. The van der Waals surface area contributed by atoms with E-state index in [1.165, 1.54) is 0 Å². The zero-order chi connectivity index (χ0) is 9.90. The highest BCUT2D eigenvalue weighted by atomic mass is 16.5. The lowest BCUT2D eigenvalue weighted by Gasteiger charge is -2.30. The minimum Gasteiger partial charge on any atom is -0.481 e. The van der Waals surface area contributed by atoms with E-state index in [9.17, 15) is 9.90 Å². The molecule has 1 atom stereocenters. The fourth-order valence-corrected chi connectivity index (χ4v) is 2.33.